The van der Waals surface area contributed by atoms with Gasteiger partial charge in [-0.2, -0.15) is 0 Å². The normalized spacial score (nSPS) is 24.3. The summed E-state index contributed by atoms with van der Waals surface area (Å²) in [5.74, 6) is -0.436. The molecule has 2 aliphatic rings. The molecule has 1 aromatic heterocycles. The van der Waals surface area contributed by atoms with Crippen LogP contribution in [-0.2, 0) is 6.67 Å². The minimum absolute atomic E-state index is 0.0302. The Kier molecular flexibility index (Phi) is 5.97. The molecule has 6 nitrogen and oxygen atoms in total. The number of nitrogens with zero attached hydrogens (tertiary/aromatic N) is 4. The summed E-state index contributed by atoms with van der Waals surface area (Å²) < 4.78 is 3.43. The molecule has 1 N–H and O–H groups in total. The molecule has 0 unspecified atom stereocenters. The molecule has 178 valence electrons. The van der Waals surface area contributed by atoms with Crippen LogP contribution in [0, 0.1) is 10.8 Å². The Balaban J connectivity index is 1.50. The van der Waals surface area contributed by atoms with Crippen LogP contribution in [-0.4, -0.2) is 33.1 Å². The first kappa shape index (κ1) is 23.7. The predicted octanol–water partition coefficient (Wildman–Crippen LogP) is 7.65. The summed E-state index contributed by atoms with van der Waals surface area (Å²) in [4.78, 5) is 15.2. The lowest BCUT2D eigenvalue weighted by atomic mass is 9.65. The molecule has 1 amide bonds. The first-order valence-corrected chi connectivity index (χ1v) is 13.1. The quantitative estimate of drug-likeness (QED) is 0.319. The zero-order chi connectivity index (χ0) is 24.3. The molecule has 0 spiro atoms. The van der Waals surface area contributed by atoms with Gasteiger partial charge in [0.05, 0.1) is 17.7 Å². The van der Waals surface area contributed by atoms with E-state index in [1.54, 1.807) is 18.2 Å². The minimum atomic E-state index is -0.466. The maximum absolute atomic E-state index is 12.7. The molecule has 5 rings (SSSR count). The van der Waals surface area contributed by atoms with Crippen molar-refractivity contribution in [1.82, 2.24) is 9.47 Å². The van der Waals surface area contributed by atoms with Crippen molar-refractivity contribution in [2.45, 2.75) is 52.7 Å². The van der Waals surface area contributed by atoms with Crippen molar-refractivity contribution >= 4 is 54.4 Å². The van der Waals surface area contributed by atoms with Crippen LogP contribution >= 0.6 is 31.9 Å². The van der Waals surface area contributed by atoms with E-state index < -0.39 is 5.91 Å². The van der Waals surface area contributed by atoms with Gasteiger partial charge in [-0.05, 0) is 76.4 Å². The second-order valence-corrected chi connectivity index (χ2v) is 12.6. The van der Waals surface area contributed by atoms with Gasteiger partial charge in [0.1, 0.15) is 0 Å². The Labute approximate surface area is 216 Å². The lowest BCUT2D eigenvalue weighted by Gasteiger charge is -2.40. The SMILES string of the molecule is CC1(C)C[C@@H]2C[C@@](C)(CN2Cn2c(O)c(N=NC(=O)c3ccccc3Br)c3cc(Br)ccc32)C1. The van der Waals surface area contributed by atoms with Crippen LogP contribution in [0.5, 0.6) is 5.88 Å². The molecule has 3 aromatic rings. The fourth-order valence-electron chi connectivity index (χ4n) is 6.25. The first-order chi connectivity index (χ1) is 16.1. The number of carbonyl (C=O) groups excluding carboxylic acids is 1. The zero-order valence-corrected chi connectivity index (χ0v) is 22.7. The van der Waals surface area contributed by atoms with E-state index in [-0.39, 0.29) is 5.88 Å². The maximum Gasteiger partial charge on any atom is 0.296 e. The highest BCUT2D eigenvalue weighted by atomic mass is 79.9. The molecular weight excluding hydrogens is 560 g/mol. The van der Waals surface area contributed by atoms with Crippen molar-refractivity contribution in [3.8, 4) is 5.88 Å². The molecular formula is C26H28Br2N4O2. The van der Waals surface area contributed by atoms with E-state index >= 15 is 0 Å². The van der Waals surface area contributed by atoms with Crippen LogP contribution in [0.2, 0.25) is 0 Å². The predicted molar refractivity (Wildman–Crippen MR) is 141 cm³/mol. The number of hydrogen-bond acceptors (Lipinski definition) is 4. The Morgan fingerprint density at radius 2 is 1.91 bits per heavy atom. The topological polar surface area (TPSA) is 70.2 Å². The molecule has 2 atom stereocenters. The Bertz CT molecular complexity index is 1320. The Hall–Kier alpha value is -2.03. The van der Waals surface area contributed by atoms with Crippen molar-refractivity contribution in [2.24, 2.45) is 21.1 Å². The number of aromatic hydroxyl groups is 1. The highest BCUT2D eigenvalue weighted by Gasteiger charge is 2.49. The van der Waals surface area contributed by atoms with Crippen LogP contribution in [0.4, 0.5) is 5.69 Å². The number of fused-ring (bicyclic) bond motifs is 3. The Morgan fingerprint density at radius 1 is 1.15 bits per heavy atom. The largest absolute Gasteiger partial charge is 0.493 e. The number of rotatable bonds is 4. The van der Waals surface area contributed by atoms with Gasteiger partial charge in [0.2, 0.25) is 5.88 Å². The van der Waals surface area contributed by atoms with Gasteiger partial charge >= 0.3 is 0 Å². The molecule has 2 heterocycles. The van der Waals surface area contributed by atoms with Crippen LogP contribution in [0.3, 0.4) is 0 Å². The molecule has 34 heavy (non-hydrogen) atoms. The highest BCUT2D eigenvalue weighted by Crippen LogP contribution is 2.53. The Morgan fingerprint density at radius 3 is 2.68 bits per heavy atom. The number of likely N-dealkylation sites (tertiary alicyclic amines) is 1. The summed E-state index contributed by atoms with van der Waals surface area (Å²) in [6.07, 6.45) is 3.56. The lowest BCUT2D eigenvalue weighted by Crippen LogP contribution is -2.35. The van der Waals surface area contributed by atoms with Gasteiger partial charge in [-0.15, -0.1) is 10.2 Å². The van der Waals surface area contributed by atoms with Gasteiger partial charge < -0.3 is 5.11 Å². The van der Waals surface area contributed by atoms with E-state index in [4.69, 9.17) is 0 Å². The number of halogens is 2. The van der Waals surface area contributed by atoms with Gasteiger partial charge in [0, 0.05) is 26.9 Å². The molecule has 1 aliphatic carbocycles. The second-order valence-electron chi connectivity index (χ2n) is 10.8. The number of aromatic nitrogens is 1. The average Bonchev–Trinajstić information content (AvgIpc) is 3.14. The number of hydrogen-bond donors (Lipinski definition) is 1. The highest BCUT2D eigenvalue weighted by molar-refractivity contribution is 9.10. The lowest BCUT2D eigenvalue weighted by molar-refractivity contribution is 0.0994. The van der Waals surface area contributed by atoms with Crippen molar-refractivity contribution in [3.63, 3.8) is 0 Å². The maximum atomic E-state index is 12.7. The molecule has 1 saturated carbocycles. The van der Waals surface area contributed by atoms with Gasteiger partial charge in [-0.25, -0.2) is 0 Å². The van der Waals surface area contributed by atoms with Crippen molar-refractivity contribution < 1.29 is 9.90 Å². The molecule has 1 saturated heterocycles. The molecule has 1 aliphatic heterocycles. The standard InChI is InChI=1S/C26H28Br2N4O2/c1-25(2)11-17-12-26(3,13-25)14-31(17)15-32-21-9-8-16(27)10-19(21)22(24(32)34)29-30-23(33)18-6-4-5-7-20(18)28/h4-10,17,34H,11-15H2,1-3H3/t17-,26-/m1/s1. The third-order valence-corrected chi connectivity index (χ3v) is 8.35. The summed E-state index contributed by atoms with van der Waals surface area (Å²) in [5, 5.41) is 20.2. The van der Waals surface area contributed by atoms with Crippen molar-refractivity contribution in [1.29, 1.82) is 0 Å². The van der Waals surface area contributed by atoms with Gasteiger partial charge in [0.25, 0.3) is 5.91 Å². The monoisotopic (exact) mass is 586 g/mol. The third-order valence-electron chi connectivity index (χ3n) is 7.16. The van der Waals surface area contributed by atoms with E-state index in [2.05, 4.69) is 67.8 Å². The van der Waals surface area contributed by atoms with Crippen LogP contribution in [0.15, 0.2) is 61.6 Å². The molecule has 2 bridgehead atoms. The van der Waals surface area contributed by atoms with E-state index in [0.717, 1.165) is 28.3 Å². The minimum Gasteiger partial charge on any atom is -0.493 e. The smallest absolute Gasteiger partial charge is 0.296 e. The van der Waals surface area contributed by atoms with E-state index in [0.29, 0.717) is 39.3 Å². The fourth-order valence-corrected chi connectivity index (χ4v) is 7.06. The third kappa shape index (κ3) is 4.36. The van der Waals surface area contributed by atoms with Crippen molar-refractivity contribution in [2.75, 3.05) is 6.54 Å². The number of amides is 1. The average molecular weight is 588 g/mol. The number of carbonyl (C=O) groups is 1. The van der Waals surface area contributed by atoms with Crippen molar-refractivity contribution in [3.05, 3.63) is 57.0 Å². The van der Waals surface area contributed by atoms with Crippen LogP contribution < -0.4 is 0 Å². The number of benzene rings is 2. The van der Waals surface area contributed by atoms with Crippen LogP contribution in [0.1, 0.15) is 50.4 Å². The van der Waals surface area contributed by atoms with Crippen LogP contribution in [0.25, 0.3) is 10.9 Å². The number of azo groups is 1. The van der Waals surface area contributed by atoms with E-state index in [9.17, 15) is 9.90 Å². The fraction of sp³-hybridized carbons (Fsp3) is 0.423. The van der Waals surface area contributed by atoms with E-state index in [1.807, 2.05) is 28.8 Å². The summed E-state index contributed by atoms with van der Waals surface area (Å²) in [6, 6.07) is 13.4. The molecule has 8 heteroatoms. The van der Waals surface area contributed by atoms with Gasteiger partial charge in [-0.3, -0.25) is 14.3 Å². The summed E-state index contributed by atoms with van der Waals surface area (Å²) in [7, 11) is 0. The summed E-state index contributed by atoms with van der Waals surface area (Å²) in [5.41, 5.74) is 2.23. The van der Waals surface area contributed by atoms with Gasteiger partial charge in [-0.1, -0.05) is 48.8 Å². The van der Waals surface area contributed by atoms with E-state index in [1.165, 1.54) is 12.8 Å². The molecule has 0 radical (unpaired) electrons. The second kappa shape index (κ2) is 8.57. The molecule has 2 aromatic carbocycles. The zero-order valence-electron chi connectivity index (χ0n) is 19.6. The van der Waals surface area contributed by atoms with Gasteiger partial charge in [0.15, 0.2) is 5.69 Å². The molecule has 2 fully saturated rings. The first-order valence-electron chi connectivity index (χ1n) is 11.5. The summed E-state index contributed by atoms with van der Waals surface area (Å²) >= 11 is 6.91. The summed E-state index contributed by atoms with van der Waals surface area (Å²) in [6.45, 7) is 8.70.